The van der Waals surface area contributed by atoms with Gasteiger partial charge in [-0.3, -0.25) is 4.79 Å². The van der Waals surface area contributed by atoms with Gasteiger partial charge in [0.1, 0.15) is 5.82 Å². The normalized spacial score (nSPS) is 14.9. The maximum absolute atomic E-state index is 13.4. The van der Waals surface area contributed by atoms with Crippen LogP contribution in [0.5, 0.6) is 11.5 Å². The first-order chi connectivity index (χ1) is 15.1. The van der Waals surface area contributed by atoms with Gasteiger partial charge in [-0.15, -0.1) is 0 Å². The van der Waals surface area contributed by atoms with Gasteiger partial charge >= 0.3 is 0 Å². The highest BCUT2D eigenvalue weighted by molar-refractivity contribution is 9.10. The van der Waals surface area contributed by atoms with Gasteiger partial charge in [-0.05, 0) is 53.1 Å². The van der Waals surface area contributed by atoms with Crippen molar-refractivity contribution in [1.82, 2.24) is 9.66 Å². The molecule has 0 bridgehead atoms. The number of hydrogen-bond acceptors (Lipinski definition) is 5. The molecule has 0 saturated heterocycles. The Bertz CT molecular complexity index is 1370. The monoisotopic (exact) mass is 477 g/mol. The summed E-state index contributed by atoms with van der Waals surface area (Å²) >= 11 is 3.56. The first kappa shape index (κ1) is 19.6. The Balaban J connectivity index is 1.80. The largest absolute Gasteiger partial charge is 0.493 e. The predicted molar refractivity (Wildman–Crippen MR) is 124 cm³/mol. The van der Waals surface area contributed by atoms with E-state index in [1.807, 2.05) is 54.6 Å². The van der Waals surface area contributed by atoms with Crippen LogP contribution in [-0.4, -0.2) is 23.9 Å². The topological polar surface area (TPSA) is 65.4 Å². The fraction of sp³-hybridized carbons (Fsp3) is 0.167. The minimum absolute atomic E-state index is 0.118. The zero-order chi connectivity index (χ0) is 21.5. The van der Waals surface area contributed by atoms with Crippen LogP contribution in [-0.2, 0) is 6.42 Å². The van der Waals surface area contributed by atoms with Crippen LogP contribution in [0.15, 0.2) is 69.9 Å². The molecule has 1 aromatic heterocycles. The molecule has 2 heterocycles. The summed E-state index contributed by atoms with van der Waals surface area (Å²) in [4.78, 5) is 18.2. The summed E-state index contributed by atoms with van der Waals surface area (Å²) in [6, 6.07) is 19.1. The number of rotatable bonds is 3. The molecular weight excluding hydrogens is 458 g/mol. The van der Waals surface area contributed by atoms with Gasteiger partial charge in [0.05, 0.1) is 31.2 Å². The summed E-state index contributed by atoms with van der Waals surface area (Å²) in [6.45, 7) is 0. The van der Waals surface area contributed by atoms with E-state index < -0.39 is 0 Å². The minimum Gasteiger partial charge on any atom is -0.493 e. The zero-order valence-corrected chi connectivity index (χ0v) is 18.6. The van der Waals surface area contributed by atoms with E-state index >= 15 is 0 Å². The van der Waals surface area contributed by atoms with Crippen LogP contribution in [0.25, 0.3) is 10.9 Å². The first-order valence-electron chi connectivity index (χ1n) is 9.86. The number of nitrogens with one attached hydrogen (secondary N) is 1. The van der Waals surface area contributed by atoms with Crippen molar-refractivity contribution in [2.75, 3.05) is 19.6 Å². The highest BCUT2D eigenvalue weighted by Crippen LogP contribution is 2.38. The first-order valence-corrected chi connectivity index (χ1v) is 10.7. The SMILES string of the molecule is COc1cc2c(cc1OC)C(c1cccc(Br)c1)Nn1c(nc3ccccc3c1=O)C2. The van der Waals surface area contributed by atoms with Crippen molar-refractivity contribution in [1.29, 1.82) is 0 Å². The Morgan fingerprint density at radius 3 is 2.58 bits per heavy atom. The predicted octanol–water partition coefficient (Wildman–Crippen LogP) is 4.41. The van der Waals surface area contributed by atoms with Crippen LogP contribution < -0.4 is 20.5 Å². The van der Waals surface area contributed by atoms with E-state index in [1.165, 1.54) is 0 Å². The molecule has 1 atom stereocenters. The van der Waals surface area contributed by atoms with Gasteiger partial charge in [0, 0.05) is 10.9 Å². The van der Waals surface area contributed by atoms with Crippen LogP contribution in [0.2, 0.25) is 0 Å². The summed E-state index contributed by atoms with van der Waals surface area (Å²) < 4.78 is 13.6. The van der Waals surface area contributed by atoms with Crippen LogP contribution >= 0.6 is 15.9 Å². The molecule has 1 unspecified atom stereocenters. The van der Waals surface area contributed by atoms with Crippen molar-refractivity contribution in [3.05, 3.63) is 98.0 Å². The van der Waals surface area contributed by atoms with Gasteiger partial charge in [-0.2, -0.15) is 0 Å². The summed E-state index contributed by atoms with van der Waals surface area (Å²) in [6.07, 6.45) is 0.479. The molecule has 0 amide bonds. The number of fused-ring (bicyclic) bond motifs is 3. The maximum atomic E-state index is 13.4. The van der Waals surface area contributed by atoms with Gasteiger partial charge in [0.2, 0.25) is 0 Å². The molecule has 0 aliphatic carbocycles. The van der Waals surface area contributed by atoms with Crippen molar-refractivity contribution in [3.63, 3.8) is 0 Å². The fourth-order valence-corrected chi connectivity index (χ4v) is 4.52. The number of aromatic nitrogens is 2. The Hall–Kier alpha value is -3.32. The molecule has 4 aromatic rings. The molecule has 3 aromatic carbocycles. The van der Waals surface area contributed by atoms with E-state index in [1.54, 1.807) is 25.0 Å². The second kappa shape index (κ2) is 7.74. The summed E-state index contributed by atoms with van der Waals surface area (Å²) in [5, 5.41) is 0.577. The second-order valence-corrected chi connectivity index (χ2v) is 8.30. The van der Waals surface area contributed by atoms with E-state index in [0.29, 0.717) is 34.6 Å². The Morgan fingerprint density at radius 2 is 1.81 bits per heavy atom. The van der Waals surface area contributed by atoms with E-state index in [2.05, 4.69) is 21.4 Å². The number of ether oxygens (including phenoxy) is 2. The zero-order valence-electron chi connectivity index (χ0n) is 17.1. The maximum Gasteiger partial charge on any atom is 0.279 e. The molecule has 1 aliphatic rings. The van der Waals surface area contributed by atoms with Crippen LogP contribution in [0, 0.1) is 0 Å². The molecule has 1 N–H and O–H groups in total. The molecule has 0 spiro atoms. The lowest BCUT2D eigenvalue weighted by atomic mass is 9.93. The summed E-state index contributed by atoms with van der Waals surface area (Å²) in [7, 11) is 3.24. The number of para-hydroxylation sites is 1. The van der Waals surface area contributed by atoms with Gasteiger partial charge in [0.15, 0.2) is 11.5 Å². The van der Waals surface area contributed by atoms with Crippen molar-refractivity contribution in [2.24, 2.45) is 0 Å². The highest BCUT2D eigenvalue weighted by Gasteiger charge is 2.27. The number of nitrogens with zero attached hydrogens (tertiary/aromatic N) is 2. The molecule has 156 valence electrons. The summed E-state index contributed by atoms with van der Waals surface area (Å²) in [5.41, 5.74) is 7.03. The molecule has 0 radical (unpaired) electrons. The van der Waals surface area contributed by atoms with Crippen molar-refractivity contribution < 1.29 is 9.47 Å². The van der Waals surface area contributed by atoms with Gasteiger partial charge < -0.3 is 14.9 Å². The van der Waals surface area contributed by atoms with E-state index in [9.17, 15) is 4.79 Å². The highest BCUT2D eigenvalue weighted by atomic mass is 79.9. The third kappa shape index (κ3) is 3.35. The van der Waals surface area contributed by atoms with E-state index in [4.69, 9.17) is 14.5 Å². The van der Waals surface area contributed by atoms with Crippen molar-refractivity contribution >= 4 is 26.8 Å². The average molecular weight is 478 g/mol. The number of halogens is 1. The number of hydrogen-bond donors (Lipinski definition) is 1. The molecule has 1 aliphatic heterocycles. The van der Waals surface area contributed by atoms with Crippen molar-refractivity contribution in [2.45, 2.75) is 12.5 Å². The van der Waals surface area contributed by atoms with E-state index in [0.717, 1.165) is 21.2 Å². The molecule has 5 rings (SSSR count). The number of methoxy groups -OCH3 is 2. The van der Waals surface area contributed by atoms with Crippen LogP contribution in [0.3, 0.4) is 0 Å². The smallest absolute Gasteiger partial charge is 0.279 e. The summed E-state index contributed by atoms with van der Waals surface area (Å²) in [5.74, 6) is 1.93. The fourth-order valence-electron chi connectivity index (χ4n) is 4.10. The average Bonchev–Trinajstić information content (AvgIpc) is 2.94. The van der Waals surface area contributed by atoms with Crippen LogP contribution in [0.1, 0.15) is 28.6 Å². The van der Waals surface area contributed by atoms with Crippen LogP contribution in [0.4, 0.5) is 0 Å². The Kier molecular flexibility index (Phi) is 4.90. The standard InChI is InChI=1S/C24H20BrN3O3/c1-30-20-11-15-12-22-26-19-9-4-3-8-17(19)24(29)28(22)27-23(18(15)13-21(20)31-2)14-6-5-7-16(25)10-14/h3-11,13,23,27H,12H2,1-2H3. The number of benzene rings is 3. The molecule has 7 heteroatoms. The second-order valence-electron chi connectivity index (χ2n) is 7.39. The minimum atomic E-state index is -0.283. The molecular formula is C24H20BrN3O3. The van der Waals surface area contributed by atoms with Gasteiger partial charge in [0.25, 0.3) is 5.56 Å². The van der Waals surface area contributed by atoms with Crippen molar-refractivity contribution in [3.8, 4) is 11.5 Å². The van der Waals surface area contributed by atoms with Gasteiger partial charge in [-0.25, -0.2) is 9.66 Å². The Labute approximate surface area is 187 Å². The Morgan fingerprint density at radius 1 is 1.03 bits per heavy atom. The lowest BCUT2D eigenvalue weighted by Gasteiger charge is -2.23. The molecule has 0 saturated carbocycles. The molecule has 0 fully saturated rings. The third-order valence-corrected chi connectivity index (χ3v) is 6.08. The quantitative estimate of drug-likeness (QED) is 0.473. The van der Waals surface area contributed by atoms with Gasteiger partial charge in [-0.1, -0.05) is 40.2 Å². The van der Waals surface area contributed by atoms with E-state index in [-0.39, 0.29) is 11.6 Å². The lowest BCUT2D eigenvalue weighted by Crippen LogP contribution is -2.34. The third-order valence-electron chi connectivity index (χ3n) is 5.59. The lowest BCUT2D eigenvalue weighted by molar-refractivity contribution is 0.354. The molecule has 31 heavy (non-hydrogen) atoms. The molecule has 6 nitrogen and oxygen atoms in total.